The summed E-state index contributed by atoms with van der Waals surface area (Å²) in [7, 11) is 0. The van der Waals surface area contributed by atoms with E-state index in [-0.39, 0.29) is 12.3 Å². The molecule has 0 spiro atoms. The number of rotatable bonds is 3. The molecule has 0 amide bonds. The lowest BCUT2D eigenvalue weighted by Crippen LogP contribution is -2.36. The summed E-state index contributed by atoms with van der Waals surface area (Å²) in [6, 6.07) is 2.23. The summed E-state index contributed by atoms with van der Waals surface area (Å²) in [5.74, 6) is -0.832. The van der Waals surface area contributed by atoms with E-state index < -0.39 is 5.97 Å². The minimum atomic E-state index is -0.998. The smallest absolute Gasteiger partial charge is 0.0656 e. The van der Waals surface area contributed by atoms with Crippen LogP contribution >= 0.6 is 0 Å². The molecule has 0 aromatic carbocycles. The van der Waals surface area contributed by atoms with Gasteiger partial charge in [0.05, 0.1) is 6.07 Å². The molecular formula is C9H13N2O2-. The first kappa shape index (κ1) is 10.0. The van der Waals surface area contributed by atoms with Crippen LogP contribution in [-0.2, 0) is 4.79 Å². The summed E-state index contributed by atoms with van der Waals surface area (Å²) in [4.78, 5) is 12.2. The van der Waals surface area contributed by atoms with Gasteiger partial charge in [-0.05, 0) is 32.4 Å². The van der Waals surface area contributed by atoms with Crippen molar-refractivity contribution < 1.29 is 9.90 Å². The summed E-state index contributed by atoms with van der Waals surface area (Å²) in [6.45, 7) is 2.23. The number of aliphatic carboxylic acids is 1. The van der Waals surface area contributed by atoms with Crippen molar-refractivity contribution in [3.63, 3.8) is 0 Å². The Kier molecular flexibility index (Phi) is 3.71. The molecule has 0 N–H and O–H groups in total. The van der Waals surface area contributed by atoms with Gasteiger partial charge in [-0.15, -0.1) is 0 Å². The van der Waals surface area contributed by atoms with E-state index in [0.717, 1.165) is 25.9 Å². The van der Waals surface area contributed by atoms with Crippen LogP contribution in [0.5, 0.6) is 0 Å². The average molecular weight is 181 g/mol. The van der Waals surface area contributed by atoms with Crippen molar-refractivity contribution in [3.8, 4) is 6.07 Å². The number of carboxylic acid groups (broad SMARTS) is 1. The molecule has 1 aliphatic heterocycles. The first-order valence-corrected chi connectivity index (χ1v) is 4.54. The van der Waals surface area contributed by atoms with E-state index in [4.69, 9.17) is 5.26 Å². The number of likely N-dealkylation sites (tertiary alicyclic amines) is 1. The lowest BCUT2D eigenvalue weighted by atomic mass is 9.98. The lowest BCUT2D eigenvalue weighted by molar-refractivity contribution is -0.305. The number of hydrogen-bond acceptors (Lipinski definition) is 4. The Morgan fingerprint density at radius 3 is 2.62 bits per heavy atom. The summed E-state index contributed by atoms with van der Waals surface area (Å²) in [5, 5.41) is 18.8. The highest BCUT2D eigenvalue weighted by atomic mass is 16.4. The standard InChI is InChI=1S/C9H14N2O2/c10-7-8-1-4-11(5-2-8)6-3-9(12)13/h8H,1-6H2,(H,12,13)/p-1. The highest BCUT2D eigenvalue weighted by Crippen LogP contribution is 2.15. The van der Waals surface area contributed by atoms with Crippen molar-refractivity contribution in [2.24, 2.45) is 5.92 Å². The van der Waals surface area contributed by atoms with Crippen LogP contribution in [0.3, 0.4) is 0 Å². The highest BCUT2D eigenvalue weighted by Gasteiger charge is 2.17. The number of carbonyl (C=O) groups excluding carboxylic acids is 1. The van der Waals surface area contributed by atoms with Crippen molar-refractivity contribution in [3.05, 3.63) is 0 Å². The minimum Gasteiger partial charge on any atom is -0.550 e. The molecular weight excluding hydrogens is 168 g/mol. The lowest BCUT2D eigenvalue weighted by Gasteiger charge is -2.28. The zero-order valence-electron chi connectivity index (χ0n) is 7.53. The molecule has 0 saturated carbocycles. The van der Waals surface area contributed by atoms with Crippen molar-refractivity contribution >= 4 is 5.97 Å². The maximum atomic E-state index is 10.2. The Bertz CT molecular complexity index is 214. The number of nitriles is 1. The molecule has 0 aliphatic carbocycles. The van der Waals surface area contributed by atoms with E-state index >= 15 is 0 Å². The third-order valence-electron chi connectivity index (χ3n) is 2.40. The molecule has 72 valence electrons. The maximum absolute atomic E-state index is 10.2. The molecule has 1 aliphatic rings. The van der Waals surface area contributed by atoms with Crippen LogP contribution in [0.4, 0.5) is 0 Å². The molecule has 0 bridgehead atoms. The van der Waals surface area contributed by atoms with Gasteiger partial charge in [-0.2, -0.15) is 5.26 Å². The molecule has 0 radical (unpaired) electrons. The fourth-order valence-corrected chi connectivity index (χ4v) is 1.54. The van der Waals surface area contributed by atoms with E-state index in [1.165, 1.54) is 0 Å². The number of piperidine rings is 1. The molecule has 13 heavy (non-hydrogen) atoms. The minimum absolute atomic E-state index is 0.0945. The monoisotopic (exact) mass is 181 g/mol. The Hall–Kier alpha value is -1.08. The van der Waals surface area contributed by atoms with E-state index in [9.17, 15) is 9.90 Å². The normalized spacial score (nSPS) is 19.6. The third-order valence-corrected chi connectivity index (χ3v) is 2.40. The van der Waals surface area contributed by atoms with Crippen molar-refractivity contribution in [2.75, 3.05) is 19.6 Å². The zero-order valence-corrected chi connectivity index (χ0v) is 7.53. The van der Waals surface area contributed by atoms with Crippen molar-refractivity contribution in [1.82, 2.24) is 4.90 Å². The van der Waals surface area contributed by atoms with Crippen molar-refractivity contribution in [2.45, 2.75) is 19.3 Å². The molecule has 0 unspecified atom stereocenters. The predicted octanol–water partition coefficient (Wildman–Crippen LogP) is -0.638. The molecule has 4 heteroatoms. The first-order valence-electron chi connectivity index (χ1n) is 4.54. The molecule has 0 atom stereocenters. The van der Waals surface area contributed by atoms with Crippen LogP contribution in [0.1, 0.15) is 19.3 Å². The molecule has 1 saturated heterocycles. The molecule has 0 aromatic heterocycles. The Morgan fingerprint density at radius 1 is 1.54 bits per heavy atom. The summed E-state index contributed by atoms with van der Waals surface area (Å²) in [6.07, 6.45) is 1.82. The number of carboxylic acids is 1. The number of hydrogen-bond donors (Lipinski definition) is 0. The average Bonchev–Trinajstić information content (AvgIpc) is 2.15. The van der Waals surface area contributed by atoms with Crippen LogP contribution in [0, 0.1) is 17.2 Å². The second kappa shape index (κ2) is 4.83. The molecule has 1 rings (SSSR count). The molecule has 0 aromatic rings. The van der Waals surface area contributed by atoms with Gasteiger partial charge in [-0.3, -0.25) is 0 Å². The Balaban J connectivity index is 2.18. The summed E-state index contributed by atoms with van der Waals surface area (Å²) in [5.41, 5.74) is 0. The molecule has 4 nitrogen and oxygen atoms in total. The second-order valence-corrected chi connectivity index (χ2v) is 3.37. The largest absolute Gasteiger partial charge is 0.550 e. The number of carbonyl (C=O) groups is 1. The van der Waals surface area contributed by atoms with E-state index in [1.807, 2.05) is 0 Å². The Labute approximate surface area is 77.8 Å². The van der Waals surface area contributed by atoms with Gasteiger partial charge in [0.2, 0.25) is 0 Å². The van der Waals surface area contributed by atoms with Crippen molar-refractivity contribution in [1.29, 1.82) is 5.26 Å². The SMILES string of the molecule is N#CC1CCN(CCC(=O)[O-])CC1. The van der Waals surface area contributed by atoms with Gasteiger partial charge in [0.15, 0.2) is 0 Å². The Morgan fingerprint density at radius 2 is 2.15 bits per heavy atom. The maximum Gasteiger partial charge on any atom is 0.0656 e. The second-order valence-electron chi connectivity index (χ2n) is 3.37. The van der Waals surface area contributed by atoms with E-state index in [2.05, 4.69) is 11.0 Å². The van der Waals surface area contributed by atoms with Gasteiger partial charge in [0, 0.05) is 18.4 Å². The topological polar surface area (TPSA) is 67.2 Å². The van der Waals surface area contributed by atoms with Gasteiger partial charge >= 0.3 is 0 Å². The third kappa shape index (κ3) is 3.43. The first-order chi connectivity index (χ1) is 6.22. The predicted molar refractivity (Wildman–Crippen MR) is 44.4 cm³/mol. The van der Waals surface area contributed by atoms with Gasteiger partial charge in [-0.1, -0.05) is 0 Å². The van der Waals surface area contributed by atoms with Gasteiger partial charge in [0.25, 0.3) is 0 Å². The van der Waals surface area contributed by atoms with E-state index in [0.29, 0.717) is 6.54 Å². The van der Waals surface area contributed by atoms with Crippen LogP contribution in [-0.4, -0.2) is 30.5 Å². The van der Waals surface area contributed by atoms with Gasteiger partial charge in [0.1, 0.15) is 0 Å². The van der Waals surface area contributed by atoms with Gasteiger partial charge in [-0.25, -0.2) is 0 Å². The number of nitrogens with zero attached hydrogens (tertiary/aromatic N) is 2. The van der Waals surface area contributed by atoms with Crippen LogP contribution in [0.2, 0.25) is 0 Å². The van der Waals surface area contributed by atoms with Crippen LogP contribution < -0.4 is 5.11 Å². The van der Waals surface area contributed by atoms with E-state index in [1.54, 1.807) is 0 Å². The van der Waals surface area contributed by atoms with Crippen LogP contribution in [0.25, 0.3) is 0 Å². The molecule has 1 fully saturated rings. The summed E-state index contributed by atoms with van der Waals surface area (Å²) >= 11 is 0. The summed E-state index contributed by atoms with van der Waals surface area (Å²) < 4.78 is 0. The van der Waals surface area contributed by atoms with Crippen LogP contribution in [0.15, 0.2) is 0 Å². The zero-order chi connectivity index (χ0) is 9.68. The van der Waals surface area contributed by atoms with Gasteiger partial charge < -0.3 is 14.8 Å². The quantitative estimate of drug-likeness (QED) is 0.581. The molecule has 1 heterocycles. The highest BCUT2D eigenvalue weighted by molar-refractivity contribution is 5.64. The fourth-order valence-electron chi connectivity index (χ4n) is 1.54. The fraction of sp³-hybridized carbons (Fsp3) is 0.778.